The van der Waals surface area contributed by atoms with Crippen LogP contribution in [-0.2, 0) is 11.3 Å². The molecule has 0 spiro atoms. The molecule has 1 aliphatic heterocycles. The number of aromatic nitrogens is 1. The van der Waals surface area contributed by atoms with Gasteiger partial charge < -0.3 is 15.1 Å². The van der Waals surface area contributed by atoms with E-state index in [1.165, 1.54) is 12.8 Å². The number of halogens is 1. The number of carbonyl (C=O) groups excluding carboxylic acids is 1. The SMILES string of the molecule is CN(CCC(=O)Nc1ccc(N2CCCC2)c(Cl)c1)Cc1ccccn1. The van der Waals surface area contributed by atoms with Gasteiger partial charge in [-0.25, -0.2) is 0 Å². The van der Waals surface area contributed by atoms with Gasteiger partial charge in [-0.05, 0) is 50.2 Å². The zero-order chi connectivity index (χ0) is 18.4. The van der Waals surface area contributed by atoms with E-state index in [1.54, 1.807) is 6.20 Å². The first-order valence-electron chi connectivity index (χ1n) is 9.04. The van der Waals surface area contributed by atoms with Crippen LogP contribution in [0.15, 0.2) is 42.6 Å². The van der Waals surface area contributed by atoms with Gasteiger partial charge in [-0.1, -0.05) is 17.7 Å². The zero-order valence-electron chi connectivity index (χ0n) is 15.1. The summed E-state index contributed by atoms with van der Waals surface area (Å²) < 4.78 is 0. The first-order valence-corrected chi connectivity index (χ1v) is 9.42. The summed E-state index contributed by atoms with van der Waals surface area (Å²) in [5, 5.41) is 3.63. The van der Waals surface area contributed by atoms with Crippen molar-refractivity contribution in [3.8, 4) is 0 Å². The second-order valence-electron chi connectivity index (χ2n) is 6.72. The van der Waals surface area contributed by atoms with E-state index < -0.39 is 0 Å². The van der Waals surface area contributed by atoms with Crippen molar-refractivity contribution >= 4 is 28.9 Å². The van der Waals surface area contributed by atoms with E-state index in [4.69, 9.17) is 11.6 Å². The lowest BCUT2D eigenvalue weighted by atomic mass is 10.2. The van der Waals surface area contributed by atoms with Crippen molar-refractivity contribution in [3.05, 3.63) is 53.3 Å². The predicted octanol–water partition coefficient (Wildman–Crippen LogP) is 3.80. The van der Waals surface area contributed by atoms with Crippen LogP contribution in [0.5, 0.6) is 0 Å². The third-order valence-corrected chi connectivity index (χ3v) is 4.86. The van der Waals surface area contributed by atoms with E-state index in [1.807, 2.05) is 43.4 Å². The van der Waals surface area contributed by atoms with Crippen molar-refractivity contribution in [1.29, 1.82) is 0 Å². The van der Waals surface area contributed by atoms with Crippen molar-refractivity contribution in [2.45, 2.75) is 25.8 Å². The van der Waals surface area contributed by atoms with Gasteiger partial charge in [-0.15, -0.1) is 0 Å². The van der Waals surface area contributed by atoms with Crippen molar-refractivity contribution in [2.24, 2.45) is 0 Å². The maximum Gasteiger partial charge on any atom is 0.225 e. The highest BCUT2D eigenvalue weighted by Crippen LogP contribution is 2.31. The minimum Gasteiger partial charge on any atom is -0.370 e. The lowest BCUT2D eigenvalue weighted by Crippen LogP contribution is -2.24. The highest BCUT2D eigenvalue weighted by molar-refractivity contribution is 6.33. The first-order chi connectivity index (χ1) is 12.6. The summed E-state index contributed by atoms with van der Waals surface area (Å²) >= 11 is 6.40. The molecule has 0 unspecified atom stereocenters. The minimum atomic E-state index is -0.0112. The summed E-state index contributed by atoms with van der Waals surface area (Å²) in [7, 11) is 1.99. The summed E-state index contributed by atoms with van der Waals surface area (Å²) in [6.07, 6.45) is 4.63. The van der Waals surface area contributed by atoms with Crippen LogP contribution in [0.3, 0.4) is 0 Å². The highest BCUT2D eigenvalue weighted by Gasteiger charge is 2.15. The molecule has 0 radical (unpaired) electrons. The zero-order valence-corrected chi connectivity index (χ0v) is 15.9. The number of rotatable bonds is 7. The van der Waals surface area contributed by atoms with Gasteiger partial charge in [-0.2, -0.15) is 0 Å². The standard InChI is InChI=1S/C20H25ClN4O/c1-24(15-17-6-2-3-10-22-17)13-9-20(26)23-16-7-8-19(18(21)14-16)25-11-4-5-12-25/h2-3,6-8,10,14H,4-5,9,11-13,15H2,1H3,(H,23,26). The Hall–Kier alpha value is -2.11. The molecule has 138 valence electrons. The first kappa shape index (κ1) is 18.7. The number of nitrogens with one attached hydrogen (secondary N) is 1. The molecule has 0 atom stereocenters. The number of amides is 1. The molecule has 5 nitrogen and oxygen atoms in total. The molecule has 2 heterocycles. The minimum absolute atomic E-state index is 0.0112. The smallest absolute Gasteiger partial charge is 0.225 e. The Bertz CT molecular complexity index is 732. The summed E-state index contributed by atoms with van der Waals surface area (Å²) in [6, 6.07) is 11.6. The van der Waals surface area contributed by atoms with Crippen LogP contribution >= 0.6 is 11.6 Å². The quantitative estimate of drug-likeness (QED) is 0.803. The fourth-order valence-corrected chi connectivity index (χ4v) is 3.46. The lowest BCUT2D eigenvalue weighted by Gasteiger charge is -2.20. The van der Waals surface area contributed by atoms with Crippen LogP contribution in [0, 0.1) is 0 Å². The molecule has 1 N–H and O–H groups in total. The summed E-state index contributed by atoms with van der Waals surface area (Å²) in [5.74, 6) is -0.0112. The number of carbonyl (C=O) groups is 1. The Kier molecular flexibility index (Phi) is 6.47. The van der Waals surface area contributed by atoms with E-state index in [-0.39, 0.29) is 5.91 Å². The number of hydrogen-bond donors (Lipinski definition) is 1. The molecular weight excluding hydrogens is 348 g/mol. The predicted molar refractivity (Wildman–Crippen MR) is 107 cm³/mol. The van der Waals surface area contributed by atoms with Crippen molar-refractivity contribution in [1.82, 2.24) is 9.88 Å². The second kappa shape index (κ2) is 9.01. The van der Waals surface area contributed by atoms with Crippen LogP contribution in [0.4, 0.5) is 11.4 Å². The molecule has 26 heavy (non-hydrogen) atoms. The maximum atomic E-state index is 12.2. The number of pyridine rings is 1. The van der Waals surface area contributed by atoms with Crippen LogP contribution in [0.2, 0.25) is 5.02 Å². The largest absolute Gasteiger partial charge is 0.370 e. The van der Waals surface area contributed by atoms with Crippen molar-refractivity contribution < 1.29 is 4.79 Å². The maximum absolute atomic E-state index is 12.2. The molecule has 0 saturated carbocycles. The Morgan fingerprint density at radius 3 is 2.77 bits per heavy atom. The fraction of sp³-hybridized carbons (Fsp3) is 0.400. The Balaban J connectivity index is 1.47. The number of anilines is 2. The topological polar surface area (TPSA) is 48.5 Å². The molecule has 3 rings (SSSR count). The number of nitrogens with zero attached hydrogens (tertiary/aromatic N) is 3. The number of hydrogen-bond acceptors (Lipinski definition) is 4. The van der Waals surface area contributed by atoms with Gasteiger partial charge in [0.1, 0.15) is 0 Å². The average Bonchev–Trinajstić information content (AvgIpc) is 3.15. The molecule has 1 aromatic carbocycles. The Morgan fingerprint density at radius 1 is 1.27 bits per heavy atom. The van der Waals surface area contributed by atoms with Crippen LogP contribution < -0.4 is 10.2 Å². The Morgan fingerprint density at radius 2 is 2.08 bits per heavy atom. The number of benzene rings is 1. The second-order valence-corrected chi connectivity index (χ2v) is 7.12. The molecule has 1 amide bonds. The van der Waals surface area contributed by atoms with Gasteiger partial charge in [0.25, 0.3) is 0 Å². The highest BCUT2D eigenvalue weighted by atomic mass is 35.5. The summed E-state index contributed by atoms with van der Waals surface area (Å²) in [5.41, 5.74) is 2.80. The normalized spacial score (nSPS) is 14.0. The molecule has 2 aromatic rings. The van der Waals surface area contributed by atoms with E-state index in [0.717, 1.165) is 36.7 Å². The molecule has 6 heteroatoms. The van der Waals surface area contributed by atoms with Crippen molar-refractivity contribution in [2.75, 3.05) is 36.9 Å². The van der Waals surface area contributed by atoms with E-state index in [0.29, 0.717) is 18.0 Å². The molecule has 0 bridgehead atoms. The van der Waals surface area contributed by atoms with Gasteiger partial charge in [0.05, 0.1) is 16.4 Å². The van der Waals surface area contributed by atoms with Crippen LogP contribution in [0.25, 0.3) is 0 Å². The third-order valence-electron chi connectivity index (χ3n) is 4.56. The monoisotopic (exact) mass is 372 g/mol. The lowest BCUT2D eigenvalue weighted by molar-refractivity contribution is -0.116. The van der Waals surface area contributed by atoms with E-state index in [2.05, 4.69) is 20.1 Å². The average molecular weight is 373 g/mol. The third kappa shape index (κ3) is 5.19. The molecular formula is C20H25ClN4O. The van der Waals surface area contributed by atoms with Gasteiger partial charge in [-0.3, -0.25) is 9.78 Å². The fourth-order valence-electron chi connectivity index (χ4n) is 3.16. The Labute approximate surface area is 160 Å². The summed E-state index contributed by atoms with van der Waals surface area (Å²) in [4.78, 5) is 20.9. The molecule has 1 saturated heterocycles. The van der Waals surface area contributed by atoms with Crippen LogP contribution in [-0.4, -0.2) is 42.5 Å². The van der Waals surface area contributed by atoms with E-state index >= 15 is 0 Å². The van der Waals surface area contributed by atoms with Gasteiger partial charge >= 0.3 is 0 Å². The molecule has 0 aliphatic carbocycles. The molecule has 1 fully saturated rings. The van der Waals surface area contributed by atoms with Crippen LogP contribution in [0.1, 0.15) is 25.0 Å². The molecule has 1 aliphatic rings. The van der Waals surface area contributed by atoms with Crippen molar-refractivity contribution in [3.63, 3.8) is 0 Å². The van der Waals surface area contributed by atoms with E-state index in [9.17, 15) is 4.79 Å². The van der Waals surface area contributed by atoms with Gasteiger partial charge in [0.2, 0.25) is 5.91 Å². The van der Waals surface area contributed by atoms with Gasteiger partial charge in [0.15, 0.2) is 0 Å². The molecule has 1 aromatic heterocycles. The summed E-state index contributed by atoms with van der Waals surface area (Å²) in [6.45, 7) is 3.49. The van der Waals surface area contributed by atoms with Gasteiger partial charge in [0, 0.05) is 44.5 Å².